The van der Waals surface area contributed by atoms with Gasteiger partial charge in [-0.25, -0.2) is 4.39 Å². The summed E-state index contributed by atoms with van der Waals surface area (Å²) in [5, 5.41) is 2.87. The van der Waals surface area contributed by atoms with Crippen molar-refractivity contribution in [2.24, 2.45) is 5.73 Å². The maximum absolute atomic E-state index is 13.6. The van der Waals surface area contributed by atoms with Crippen LogP contribution < -0.4 is 11.1 Å². The molecule has 3 nitrogen and oxygen atoms in total. The lowest BCUT2D eigenvalue weighted by molar-refractivity contribution is 0.0924. The van der Waals surface area contributed by atoms with Gasteiger partial charge in [0.1, 0.15) is 5.82 Å². The van der Waals surface area contributed by atoms with Gasteiger partial charge in [0.05, 0.1) is 5.56 Å². The first-order chi connectivity index (χ1) is 9.08. The summed E-state index contributed by atoms with van der Waals surface area (Å²) in [5.41, 5.74) is 6.12. The average Bonchev–Trinajstić information content (AvgIpc) is 2.58. The SMILES string of the molecule is NC1CCCCCC1NC(=O)c1cc(Br)ccc1F. The number of halogens is 2. The highest BCUT2D eigenvalue weighted by atomic mass is 79.9. The largest absolute Gasteiger partial charge is 0.348 e. The van der Waals surface area contributed by atoms with E-state index in [1.165, 1.54) is 12.1 Å². The Morgan fingerprint density at radius 1 is 1.32 bits per heavy atom. The van der Waals surface area contributed by atoms with Crippen LogP contribution in [0.2, 0.25) is 0 Å². The summed E-state index contributed by atoms with van der Waals surface area (Å²) in [7, 11) is 0. The van der Waals surface area contributed by atoms with E-state index in [1.807, 2.05) is 0 Å². The van der Waals surface area contributed by atoms with Crippen molar-refractivity contribution in [1.82, 2.24) is 5.32 Å². The van der Waals surface area contributed by atoms with E-state index >= 15 is 0 Å². The number of amides is 1. The number of hydrogen-bond donors (Lipinski definition) is 2. The second kappa shape index (κ2) is 6.48. The molecule has 0 aromatic heterocycles. The van der Waals surface area contributed by atoms with E-state index in [9.17, 15) is 9.18 Å². The standard InChI is InChI=1S/C14H18BrFN2O/c15-9-6-7-11(16)10(8-9)14(19)18-13-5-3-1-2-4-12(13)17/h6-8,12-13H,1-5,17H2,(H,18,19). The summed E-state index contributed by atoms with van der Waals surface area (Å²) >= 11 is 3.24. The first-order valence-electron chi connectivity index (χ1n) is 6.59. The molecule has 3 N–H and O–H groups in total. The van der Waals surface area contributed by atoms with Crippen molar-refractivity contribution >= 4 is 21.8 Å². The van der Waals surface area contributed by atoms with Crippen LogP contribution >= 0.6 is 15.9 Å². The van der Waals surface area contributed by atoms with Gasteiger partial charge in [0.2, 0.25) is 0 Å². The van der Waals surface area contributed by atoms with Crippen LogP contribution in [0.15, 0.2) is 22.7 Å². The van der Waals surface area contributed by atoms with Gasteiger partial charge in [0.25, 0.3) is 5.91 Å². The molecule has 0 aliphatic heterocycles. The number of carbonyl (C=O) groups excluding carboxylic acids is 1. The predicted molar refractivity (Wildman–Crippen MR) is 76.4 cm³/mol. The molecule has 0 saturated heterocycles. The smallest absolute Gasteiger partial charge is 0.254 e. The van der Waals surface area contributed by atoms with Gasteiger partial charge in [0.15, 0.2) is 0 Å². The third-order valence-corrected chi connectivity index (χ3v) is 4.05. The van der Waals surface area contributed by atoms with Crippen molar-refractivity contribution in [3.63, 3.8) is 0 Å². The number of hydrogen-bond acceptors (Lipinski definition) is 2. The molecule has 1 aromatic carbocycles. The highest BCUT2D eigenvalue weighted by molar-refractivity contribution is 9.10. The van der Waals surface area contributed by atoms with Gasteiger partial charge in [-0.3, -0.25) is 4.79 Å². The third kappa shape index (κ3) is 3.76. The van der Waals surface area contributed by atoms with Crippen molar-refractivity contribution in [2.45, 2.75) is 44.2 Å². The molecule has 1 aromatic rings. The summed E-state index contributed by atoms with van der Waals surface area (Å²) in [5.74, 6) is -0.899. The van der Waals surface area contributed by atoms with E-state index in [0.29, 0.717) is 4.47 Å². The zero-order valence-electron chi connectivity index (χ0n) is 10.7. The number of rotatable bonds is 2. The Morgan fingerprint density at radius 3 is 2.84 bits per heavy atom. The van der Waals surface area contributed by atoms with E-state index in [0.717, 1.165) is 32.1 Å². The molecule has 1 aliphatic carbocycles. The highest BCUT2D eigenvalue weighted by Crippen LogP contribution is 2.19. The second-order valence-corrected chi connectivity index (χ2v) is 5.92. The fourth-order valence-electron chi connectivity index (χ4n) is 2.43. The Hall–Kier alpha value is -0.940. The molecule has 104 valence electrons. The second-order valence-electron chi connectivity index (χ2n) is 5.01. The van der Waals surface area contributed by atoms with Crippen molar-refractivity contribution in [1.29, 1.82) is 0 Å². The lowest BCUT2D eigenvalue weighted by atomic mass is 10.0. The van der Waals surface area contributed by atoms with Crippen molar-refractivity contribution in [2.75, 3.05) is 0 Å². The van der Waals surface area contributed by atoms with Crippen molar-refractivity contribution in [3.05, 3.63) is 34.1 Å². The van der Waals surface area contributed by atoms with Gasteiger partial charge < -0.3 is 11.1 Å². The quantitative estimate of drug-likeness (QED) is 0.820. The minimum absolute atomic E-state index is 0.0401. The minimum Gasteiger partial charge on any atom is -0.348 e. The molecule has 0 radical (unpaired) electrons. The zero-order chi connectivity index (χ0) is 13.8. The van der Waals surface area contributed by atoms with Crippen LogP contribution in [0.4, 0.5) is 4.39 Å². The summed E-state index contributed by atoms with van der Waals surface area (Å²) in [4.78, 5) is 12.1. The predicted octanol–water partition coefficient (Wildman–Crippen LogP) is 2.98. The summed E-state index contributed by atoms with van der Waals surface area (Å²) in [6.07, 6.45) is 5.07. The molecule has 2 rings (SSSR count). The molecule has 0 spiro atoms. The Kier molecular flexibility index (Phi) is 4.93. The number of carbonyl (C=O) groups is 1. The van der Waals surface area contributed by atoms with Crippen LogP contribution in [0.3, 0.4) is 0 Å². The van der Waals surface area contributed by atoms with Gasteiger partial charge in [-0.05, 0) is 31.0 Å². The van der Waals surface area contributed by atoms with Gasteiger partial charge >= 0.3 is 0 Å². The molecular weight excluding hydrogens is 311 g/mol. The van der Waals surface area contributed by atoms with E-state index in [4.69, 9.17) is 5.73 Å². The minimum atomic E-state index is -0.511. The van der Waals surface area contributed by atoms with Crippen LogP contribution in [0.1, 0.15) is 42.5 Å². The molecule has 2 atom stereocenters. The van der Waals surface area contributed by atoms with E-state index in [1.54, 1.807) is 6.07 Å². The van der Waals surface area contributed by atoms with Gasteiger partial charge in [0, 0.05) is 16.6 Å². The lowest BCUT2D eigenvalue weighted by Crippen LogP contribution is -2.47. The van der Waals surface area contributed by atoms with Gasteiger partial charge in [-0.2, -0.15) is 0 Å². The first-order valence-corrected chi connectivity index (χ1v) is 7.38. The number of nitrogens with two attached hydrogens (primary N) is 1. The van der Waals surface area contributed by atoms with Gasteiger partial charge in [-0.1, -0.05) is 35.2 Å². The lowest BCUT2D eigenvalue weighted by Gasteiger charge is -2.22. The third-order valence-electron chi connectivity index (χ3n) is 3.56. The van der Waals surface area contributed by atoms with E-state index < -0.39 is 5.82 Å². The molecule has 5 heteroatoms. The Labute approximate surface area is 120 Å². The zero-order valence-corrected chi connectivity index (χ0v) is 12.2. The maximum Gasteiger partial charge on any atom is 0.254 e. The van der Waals surface area contributed by atoms with Crippen LogP contribution in [0, 0.1) is 5.82 Å². The summed E-state index contributed by atoms with van der Waals surface area (Å²) < 4.78 is 14.3. The molecule has 1 amide bonds. The summed E-state index contributed by atoms with van der Waals surface area (Å²) in [6, 6.07) is 4.25. The fourth-order valence-corrected chi connectivity index (χ4v) is 2.79. The number of benzene rings is 1. The molecule has 1 saturated carbocycles. The molecule has 0 bridgehead atoms. The van der Waals surface area contributed by atoms with Crippen LogP contribution in [0.25, 0.3) is 0 Å². The molecular formula is C14H18BrFN2O. The van der Waals surface area contributed by atoms with E-state index in [2.05, 4.69) is 21.2 Å². The Bertz CT molecular complexity index is 467. The number of nitrogens with one attached hydrogen (secondary N) is 1. The molecule has 0 heterocycles. The molecule has 2 unspecified atom stereocenters. The maximum atomic E-state index is 13.6. The topological polar surface area (TPSA) is 55.1 Å². The highest BCUT2D eigenvalue weighted by Gasteiger charge is 2.23. The molecule has 1 aliphatic rings. The Morgan fingerprint density at radius 2 is 2.05 bits per heavy atom. The Balaban J connectivity index is 2.09. The summed E-state index contributed by atoms with van der Waals surface area (Å²) in [6.45, 7) is 0. The van der Waals surface area contributed by atoms with Crippen molar-refractivity contribution in [3.8, 4) is 0 Å². The van der Waals surface area contributed by atoms with Crippen LogP contribution in [0.5, 0.6) is 0 Å². The van der Waals surface area contributed by atoms with E-state index in [-0.39, 0.29) is 23.6 Å². The van der Waals surface area contributed by atoms with Gasteiger partial charge in [-0.15, -0.1) is 0 Å². The monoisotopic (exact) mass is 328 g/mol. The van der Waals surface area contributed by atoms with Crippen LogP contribution in [-0.2, 0) is 0 Å². The molecule has 19 heavy (non-hydrogen) atoms. The normalized spacial score (nSPS) is 23.7. The molecule has 1 fully saturated rings. The van der Waals surface area contributed by atoms with Crippen molar-refractivity contribution < 1.29 is 9.18 Å². The van der Waals surface area contributed by atoms with Crippen LogP contribution in [-0.4, -0.2) is 18.0 Å². The fraction of sp³-hybridized carbons (Fsp3) is 0.500. The average molecular weight is 329 g/mol. The first kappa shape index (κ1) is 14.5.